The molecule has 0 fully saturated rings. The van der Waals surface area contributed by atoms with Gasteiger partial charge in [-0.25, -0.2) is 12.8 Å². The van der Waals surface area contributed by atoms with Crippen LogP contribution in [0.1, 0.15) is 25.8 Å². The van der Waals surface area contributed by atoms with Crippen LogP contribution in [0.5, 0.6) is 0 Å². The van der Waals surface area contributed by atoms with Crippen LogP contribution in [-0.2, 0) is 15.6 Å². The molecule has 1 aromatic rings. The zero-order chi connectivity index (χ0) is 11.5. The van der Waals surface area contributed by atoms with E-state index in [9.17, 15) is 12.8 Å². The largest absolute Gasteiger partial charge is 0.228 e. The number of thiophene rings is 1. The lowest BCUT2D eigenvalue weighted by molar-refractivity contribution is 0.560. The predicted octanol–water partition coefficient (Wildman–Crippen LogP) is 2.85. The van der Waals surface area contributed by atoms with Crippen LogP contribution in [0.2, 0.25) is 0 Å². The summed E-state index contributed by atoms with van der Waals surface area (Å²) in [6.07, 6.45) is 0.825. The molecule has 0 radical (unpaired) electrons. The monoisotopic (exact) mass is 250 g/mol. The molecule has 0 saturated heterocycles. The molecule has 0 spiro atoms. The molecule has 0 N–H and O–H groups in total. The molecular weight excluding hydrogens is 235 g/mol. The second-order valence-corrected chi connectivity index (χ2v) is 6.67. The van der Waals surface area contributed by atoms with Crippen LogP contribution in [0.15, 0.2) is 10.8 Å². The van der Waals surface area contributed by atoms with Gasteiger partial charge >= 0.3 is 0 Å². The van der Waals surface area contributed by atoms with Crippen molar-refractivity contribution in [1.29, 1.82) is 0 Å². The third-order valence-electron chi connectivity index (χ3n) is 2.30. The molecule has 0 bridgehead atoms. The first-order valence-electron chi connectivity index (χ1n) is 4.85. The van der Waals surface area contributed by atoms with Gasteiger partial charge in [-0.2, -0.15) is 0 Å². The van der Waals surface area contributed by atoms with Gasteiger partial charge < -0.3 is 0 Å². The maximum Gasteiger partial charge on any atom is 0.154 e. The molecular formula is C10H15FO2S2. The second kappa shape index (κ2) is 5.07. The molecule has 1 heterocycles. The zero-order valence-electron chi connectivity index (χ0n) is 8.86. The first-order valence-corrected chi connectivity index (χ1v) is 7.62. The van der Waals surface area contributed by atoms with Crippen molar-refractivity contribution in [2.24, 2.45) is 5.92 Å². The molecule has 2 nitrogen and oxygen atoms in total. The lowest BCUT2D eigenvalue weighted by Crippen LogP contribution is -2.15. The van der Waals surface area contributed by atoms with Crippen LogP contribution < -0.4 is 0 Å². The molecule has 5 heteroatoms. The Labute approximate surface area is 94.1 Å². The van der Waals surface area contributed by atoms with E-state index in [1.807, 2.05) is 13.8 Å². The highest BCUT2D eigenvalue weighted by Crippen LogP contribution is 2.18. The van der Waals surface area contributed by atoms with Crippen LogP contribution in [0.4, 0.5) is 4.39 Å². The molecule has 0 aliphatic heterocycles. The van der Waals surface area contributed by atoms with Gasteiger partial charge in [-0.05, 0) is 11.3 Å². The Bertz CT molecular complexity index is 409. The van der Waals surface area contributed by atoms with E-state index in [2.05, 4.69) is 0 Å². The summed E-state index contributed by atoms with van der Waals surface area (Å²) in [5.74, 6) is -0.310. The van der Waals surface area contributed by atoms with E-state index in [1.54, 1.807) is 5.38 Å². The third-order valence-corrected chi connectivity index (χ3v) is 4.89. The molecule has 0 aromatic carbocycles. The average molecular weight is 250 g/mol. The van der Waals surface area contributed by atoms with Crippen molar-refractivity contribution < 1.29 is 12.8 Å². The van der Waals surface area contributed by atoms with Crippen molar-refractivity contribution in [3.8, 4) is 0 Å². The number of sulfone groups is 1. The average Bonchev–Trinajstić information content (AvgIpc) is 2.50. The van der Waals surface area contributed by atoms with Crippen molar-refractivity contribution in [1.82, 2.24) is 0 Å². The smallest absolute Gasteiger partial charge is 0.154 e. The van der Waals surface area contributed by atoms with E-state index >= 15 is 0 Å². The van der Waals surface area contributed by atoms with E-state index in [4.69, 9.17) is 0 Å². The second-order valence-electron chi connectivity index (χ2n) is 3.81. The first kappa shape index (κ1) is 12.6. The summed E-state index contributed by atoms with van der Waals surface area (Å²) in [6.45, 7) is 3.84. The van der Waals surface area contributed by atoms with E-state index in [0.29, 0.717) is 5.56 Å². The molecule has 0 amide bonds. The molecule has 0 saturated carbocycles. The molecule has 15 heavy (non-hydrogen) atoms. The van der Waals surface area contributed by atoms with Gasteiger partial charge in [0.2, 0.25) is 0 Å². The van der Waals surface area contributed by atoms with Gasteiger partial charge in [0.05, 0.1) is 11.5 Å². The Morgan fingerprint density at radius 2 is 2.13 bits per heavy atom. The number of hydrogen-bond acceptors (Lipinski definition) is 3. The molecule has 1 atom stereocenters. The van der Waals surface area contributed by atoms with Crippen LogP contribution in [-0.4, -0.2) is 14.2 Å². The van der Waals surface area contributed by atoms with Crippen LogP contribution in [0, 0.1) is 11.7 Å². The fourth-order valence-corrected chi connectivity index (χ4v) is 3.98. The summed E-state index contributed by atoms with van der Waals surface area (Å²) in [7, 11) is -3.17. The maximum absolute atomic E-state index is 13.0. The van der Waals surface area contributed by atoms with E-state index in [-0.39, 0.29) is 17.4 Å². The van der Waals surface area contributed by atoms with Crippen molar-refractivity contribution in [3.05, 3.63) is 22.1 Å². The highest BCUT2D eigenvalue weighted by Gasteiger charge is 2.18. The Kier molecular flexibility index (Phi) is 4.28. The Morgan fingerprint density at radius 1 is 1.47 bits per heavy atom. The summed E-state index contributed by atoms with van der Waals surface area (Å²) >= 11 is 1.19. The Morgan fingerprint density at radius 3 is 2.60 bits per heavy atom. The fourth-order valence-electron chi connectivity index (χ4n) is 1.26. The van der Waals surface area contributed by atoms with Gasteiger partial charge in [0, 0.05) is 10.9 Å². The molecule has 0 aliphatic rings. The molecule has 1 rings (SSSR count). The first-order chi connectivity index (χ1) is 6.94. The van der Waals surface area contributed by atoms with Crippen molar-refractivity contribution in [2.75, 3.05) is 5.75 Å². The Hall–Kier alpha value is -0.420. The molecule has 0 aliphatic carbocycles. The molecule has 86 valence electrons. The number of rotatable bonds is 5. The quantitative estimate of drug-likeness (QED) is 0.805. The van der Waals surface area contributed by atoms with Gasteiger partial charge in [0.25, 0.3) is 0 Å². The number of halogens is 1. The minimum atomic E-state index is -3.17. The highest BCUT2D eigenvalue weighted by molar-refractivity contribution is 7.90. The van der Waals surface area contributed by atoms with E-state index < -0.39 is 15.7 Å². The standard InChI is InChI=1S/C10H15FO2S2/c1-3-8(2)6-15(12,13)7-9-4-14-5-10(9)11/h4-5,8H,3,6-7H2,1-2H3. The zero-order valence-corrected chi connectivity index (χ0v) is 10.5. The summed E-state index contributed by atoms with van der Waals surface area (Å²) in [4.78, 5) is 0. The van der Waals surface area contributed by atoms with E-state index in [1.165, 1.54) is 16.7 Å². The van der Waals surface area contributed by atoms with Crippen molar-refractivity contribution in [2.45, 2.75) is 26.0 Å². The van der Waals surface area contributed by atoms with Crippen LogP contribution >= 0.6 is 11.3 Å². The third kappa shape index (κ3) is 3.91. The molecule has 1 aromatic heterocycles. The maximum atomic E-state index is 13.0. The topological polar surface area (TPSA) is 34.1 Å². The van der Waals surface area contributed by atoms with Gasteiger partial charge in [0.1, 0.15) is 5.82 Å². The summed E-state index contributed by atoms with van der Waals surface area (Å²) in [6, 6.07) is 0. The van der Waals surface area contributed by atoms with E-state index in [0.717, 1.165) is 6.42 Å². The lowest BCUT2D eigenvalue weighted by Gasteiger charge is -2.08. The minimum Gasteiger partial charge on any atom is -0.228 e. The van der Waals surface area contributed by atoms with Gasteiger partial charge in [0.15, 0.2) is 9.84 Å². The predicted molar refractivity (Wildman–Crippen MR) is 61.2 cm³/mol. The van der Waals surface area contributed by atoms with Crippen LogP contribution in [0.3, 0.4) is 0 Å². The number of hydrogen-bond donors (Lipinski definition) is 0. The lowest BCUT2D eigenvalue weighted by atomic mass is 10.2. The normalized spacial score (nSPS) is 14.1. The fraction of sp³-hybridized carbons (Fsp3) is 0.600. The van der Waals surface area contributed by atoms with Crippen molar-refractivity contribution >= 4 is 21.2 Å². The summed E-state index contributed by atoms with van der Waals surface area (Å²) in [5.41, 5.74) is 0.295. The molecule has 1 unspecified atom stereocenters. The SMILES string of the molecule is CCC(C)CS(=O)(=O)Cc1cscc1F. The highest BCUT2D eigenvalue weighted by atomic mass is 32.2. The summed E-state index contributed by atoms with van der Waals surface area (Å²) in [5, 5.41) is 2.89. The van der Waals surface area contributed by atoms with Crippen molar-refractivity contribution in [3.63, 3.8) is 0 Å². The van der Waals surface area contributed by atoms with Gasteiger partial charge in [-0.15, -0.1) is 11.3 Å². The Balaban J connectivity index is 2.69. The summed E-state index contributed by atoms with van der Waals surface area (Å²) < 4.78 is 36.4. The van der Waals surface area contributed by atoms with Gasteiger partial charge in [-0.3, -0.25) is 0 Å². The van der Waals surface area contributed by atoms with Crippen LogP contribution in [0.25, 0.3) is 0 Å². The minimum absolute atomic E-state index is 0.136. The van der Waals surface area contributed by atoms with Gasteiger partial charge in [-0.1, -0.05) is 20.3 Å².